The SMILES string of the molecule is CCCCCCCCCCCCCCC(=O)OCCCCCCCCCCC/C=C\CCCCCCCC(=O)NC(CO)C(O)CCCCCCCCCCCCC. The molecule has 2 atom stereocenters. The molecule has 58 heavy (non-hydrogen) atoms. The summed E-state index contributed by atoms with van der Waals surface area (Å²) >= 11 is 0. The topological polar surface area (TPSA) is 95.9 Å². The van der Waals surface area contributed by atoms with E-state index in [9.17, 15) is 19.8 Å². The molecule has 0 aromatic rings. The zero-order chi connectivity index (χ0) is 42.3. The highest BCUT2D eigenvalue weighted by Gasteiger charge is 2.20. The lowest BCUT2D eigenvalue weighted by molar-refractivity contribution is -0.143. The van der Waals surface area contributed by atoms with Crippen LogP contribution in [-0.2, 0) is 14.3 Å². The van der Waals surface area contributed by atoms with Gasteiger partial charge in [-0.25, -0.2) is 0 Å². The minimum Gasteiger partial charge on any atom is -0.466 e. The van der Waals surface area contributed by atoms with Crippen molar-refractivity contribution in [1.82, 2.24) is 5.32 Å². The molecule has 0 bridgehead atoms. The molecular weight excluding hydrogens is 719 g/mol. The molecule has 3 N–H and O–H groups in total. The van der Waals surface area contributed by atoms with Crippen LogP contribution >= 0.6 is 0 Å². The molecule has 0 heterocycles. The fraction of sp³-hybridized carbons (Fsp3) is 0.923. The maximum Gasteiger partial charge on any atom is 0.305 e. The maximum atomic E-state index is 12.4. The zero-order valence-electron chi connectivity index (χ0n) is 39.0. The van der Waals surface area contributed by atoms with Crippen LogP contribution in [0.1, 0.15) is 284 Å². The summed E-state index contributed by atoms with van der Waals surface area (Å²) in [4.78, 5) is 24.4. The molecule has 1 amide bonds. The first-order valence-corrected chi connectivity index (χ1v) is 25.9. The molecule has 6 nitrogen and oxygen atoms in total. The van der Waals surface area contributed by atoms with Gasteiger partial charge < -0.3 is 20.3 Å². The third kappa shape index (κ3) is 44.2. The Morgan fingerprint density at radius 2 is 0.810 bits per heavy atom. The van der Waals surface area contributed by atoms with Crippen molar-refractivity contribution >= 4 is 11.9 Å². The summed E-state index contributed by atoms with van der Waals surface area (Å²) in [5, 5.41) is 23.1. The molecule has 0 aliphatic carbocycles. The predicted octanol–water partition coefficient (Wildman–Crippen LogP) is 15.3. The van der Waals surface area contributed by atoms with E-state index in [1.165, 1.54) is 193 Å². The molecule has 0 fully saturated rings. The number of allylic oxidation sites excluding steroid dienone is 2. The highest BCUT2D eigenvalue weighted by Crippen LogP contribution is 2.16. The van der Waals surface area contributed by atoms with Crippen molar-refractivity contribution in [2.45, 2.75) is 296 Å². The lowest BCUT2D eigenvalue weighted by Crippen LogP contribution is -2.45. The van der Waals surface area contributed by atoms with Crippen LogP contribution in [0.4, 0.5) is 0 Å². The number of ether oxygens (including phenoxy) is 1. The van der Waals surface area contributed by atoms with Gasteiger partial charge in [0.05, 0.1) is 25.4 Å². The van der Waals surface area contributed by atoms with Gasteiger partial charge >= 0.3 is 5.97 Å². The summed E-state index contributed by atoms with van der Waals surface area (Å²) in [7, 11) is 0. The largest absolute Gasteiger partial charge is 0.466 e. The Morgan fingerprint density at radius 1 is 0.466 bits per heavy atom. The van der Waals surface area contributed by atoms with E-state index in [1.54, 1.807) is 0 Å². The van der Waals surface area contributed by atoms with Gasteiger partial charge in [0, 0.05) is 12.8 Å². The number of carbonyl (C=O) groups is 2. The molecule has 2 unspecified atom stereocenters. The van der Waals surface area contributed by atoms with Crippen LogP contribution in [0.5, 0.6) is 0 Å². The van der Waals surface area contributed by atoms with Gasteiger partial charge in [-0.3, -0.25) is 9.59 Å². The smallest absolute Gasteiger partial charge is 0.305 e. The van der Waals surface area contributed by atoms with Crippen molar-refractivity contribution in [1.29, 1.82) is 0 Å². The van der Waals surface area contributed by atoms with Gasteiger partial charge in [0.15, 0.2) is 0 Å². The maximum absolute atomic E-state index is 12.4. The number of unbranched alkanes of at least 4 members (excludes halogenated alkanes) is 35. The van der Waals surface area contributed by atoms with E-state index in [0.29, 0.717) is 25.9 Å². The molecule has 0 radical (unpaired) electrons. The molecule has 0 aromatic carbocycles. The van der Waals surface area contributed by atoms with Gasteiger partial charge in [0.1, 0.15) is 0 Å². The molecule has 0 rings (SSSR count). The number of rotatable bonds is 48. The average molecular weight is 820 g/mol. The third-order valence-corrected chi connectivity index (χ3v) is 12.1. The van der Waals surface area contributed by atoms with Gasteiger partial charge in [-0.2, -0.15) is 0 Å². The Balaban J connectivity index is 3.43. The quantitative estimate of drug-likeness (QED) is 0.0323. The van der Waals surface area contributed by atoms with E-state index in [-0.39, 0.29) is 18.5 Å². The van der Waals surface area contributed by atoms with Crippen LogP contribution in [0, 0.1) is 0 Å². The standard InChI is InChI=1S/C52H101NO5/c1-3-5-7-9-11-13-15-26-30-34-38-42-46-52(57)58-47-43-39-35-31-27-23-21-19-17-16-18-20-22-25-29-33-37-41-45-51(56)53-49(48-54)50(55)44-40-36-32-28-24-14-12-10-8-6-4-2/h18,20,49-50,54-55H,3-17,19,21-48H2,1-2H3,(H,53,56)/b20-18-. The monoisotopic (exact) mass is 820 g/mol. The minimum absolute atomic E-state index is 0.00358. The zero-order valence-corrected chi connectivity index (χ0v) is 39.0. The Morgan fingerprint density at radius 3 is 1.22 bits per heavy atom. The first kappa shape index (κ1) is 56.6. The van der Waals surface area contributed by atoms with Crippen LogP contribution < -0.4 is 5.32 Å². The normalized spacial score (nSPS) is 12.7. The number of carbonyl (C=O) groups excluding carboxylic acids is 2. The van der Waals surface area contributed by atoms with Gasteiger partial charge in [-0.15, -0.1) is 0 Å². The van der Waals surface area contributed by atoms with Crippen LogP contribution in [0.25, 0.3) is 0 Å². The summed E-state index contributed by atoms with van der Waals surface area (Å²) in [6, 6.07) is -0.549. The summed E-state index contributed by atoms with van der Waals surface area (Å²) in [6.45, 7) is 4.93. The summed E-state index contributed by atoms with van der Waals surface area (Å²) in [6.07, 6.45) is 54.7. The van der Waals surface area contributed by atoms with Gasteiger partial charge in [-0.1, -0.05) is 231 Å². The molecular formula is C52H101NO5. The third-order valence-electron chi connectivity index (χ3n) is 12.1. The second-order valence-electron chi connectivity index (χ2n) is 17.9. The molecule has 6 heteroatoms. The minimum atomic E-state index is -0.670. The summed E-state index contributed by atoms with van der Waals surface area (Å²) < 4.78 is 5.46. The van der Waals surface area contributed by atoms with E-state index in [1.807, 2.05) is 0 Å². The molecule has 0 spiro atoms. The van der Waals surface area contributed by atoms with Gasteiger partial charge in [0.25, 0.3) is 0 Å². The Bertz CT molecular complexity index is 863. The average Bonchev–Trinajstić information content (AvgIpc) is 3.22. The number of aliphatic hydroxyl groups excluding tert-OH is 2. The molecule has 0 aromatic heterocycles. The van der Waals surface area contributed by atoms with E-state index >= 15 is 0 Å². The first-order valence-electron chi connectivity index (χ1n) is 25.9. The Kier molecular flexibility index (Phi) is 47.1. The molecule has 0 aliphatic heterocycles. The number of amides is 1. The molecule has 0 saturated heterocycles. The number of esters is 1. The van der Waals surface area contributed by atoms with Crippen LogP contribution in [-0.4, -0.2) is 47.4 Å². The molecule has 344 valence electrons. The predicted molar refractivity (Wildman–Crippen MR) is 250 cm³/mol. The van der Waals surface area contributed by atoms with Crippen molar-refractivity contribution in [3.8, 4) is 0 Å². The first-order chi connectivity index (χ1) is 28.5. The highest BCUT2D eigenvalue weighted by molar-refractivity contribution is 5.76. The van der Waals surface area contributed by atoms with E-state index in [2.05, 4.69) is 31.3 Å². The second kappa shape index (κ2) is 48.3. The highest BCUT2D eigenvalue weighted by atomic mass is 16.5. The van der Waals surface area contributed by atoms with E-state index < -0.39 is 12.1 Å². The fourth-order valence-electron chi connectivity index (χ4n) is 8.05. The number of nitrogens with one attached hydrogen (secondary N) is 1. The molecule has 0 saturated carbocycles. The van der Waals surface area contributed by atoms with Crippen molar-refractivity contribution in [3.63, 3.8) is 0 Å². The van der Waals surface area contributed by atoms with E-state index in [0.717, 1.165) is 57.8 Å². The number of hydrogen-bond acceptors (Lipinski definition) is 5. The lowest BCUT2D eigenvalue weighted by Gasteiger charge is -2.22. The Hall–Kier alpha value is -1.40. The van der Waals surface area contributed by atoms with Gasteiger partial charge in [-0.05, 0) is 51.4 Å². The second-order valence-corrected chi connectivity index (χ2v) is 17.9. The van der Waals surface area contributed by atoms with Crippen molar-refractivity contribution < 1.29 is 24.5 Å². The van der Waals surface area contributed by atoms with Gasteiger partial charge in [0.2, 0.25) is 5.91 Å². The number of hydrogen-bond donors (Lipinski definition) is 3. The van der Waals surface area contributed by atoms with Crippen molar-refractivity contribution in [3.05, 3.63) is 12.2 Å². The summed E-state index contributed by atoms with van der Waals surface area (Å²) in [5.74, 6) is -0.0464. The van der Waals surface area contributed by atoms with Crippen molar-refractivity contribution in [2.24, 2.45) is 0 Å². The van der Waals surface area contributed by atoms with Crippen molar-refractivity contribution in [2.75, 3.05) is 13.2 Å². The number of aliphatic hydroxyl groups is 2. The fourth-order valence-corrected chi connectivity index (χ4v) is 8.05. The van der Waals surface area contributed by atoms with Crippen LogP contribution in [0.3, 0.4) is 0 Å². The molecule has 0 aliphatic rings. The summed E-state index contributed by atoms with van der Waals surface area (Å²) in [5.41, 5.74) is 0. The van der Waals surface area contributed by atoms with Crippen LogP contribution in [0.15, 0.2) is 12.2 Å². The van der Waals surface area contributed by atoms with E-state index in [4.69, 9.17) is 4.74 Å². The lowest BCUT2D eigenvalue weighted by atomic mass is 10.0. The Labute approximate surface area is 361 Å². The van der Waals surface area contributed by atoms with Crippen LogP contribution in [0.2, 0.25) is 0 Å².